The molecule has 0 aromatic heterocycles. The first-order valence-electron chi connectivity index (χ1n) is 8.86. The number of amides is 1. The number of aliphatic hydroxyl groups is 1. The second kappa shape index (κ2) is 8.17. The highest BCUT2D eigenvalue weighted by Gasteiger charge is 2.23. The fraction of sp³-hybridized carbons (Fsp3) is 0.381. The van der Waals surface area contributed by atoms with Crippen LogP contribution in [0, 0.1) is 0 Å². The molecule has 0 saturated carbocycles. The van der Waals surface area contributed by atoms with Crippen LogP contribution in [0.3, 0.4) is 0 Å². The lowest BCUT2D eigenvalue weighted by Gasteiger charge is -2.25. The summed E-state index contributed by atoms with van der Waals surface area (Å²) in [6, 6.07) is 13.8. The SMILES string of the molecule is COc1ccc2c(c1)CCCC2CC(=O)Nc1ccc(CCO)cc1. The third-order valence-corrected chi connectivity index (χ3v) is 4.86. The van der Waals surface area contributed by atoms with E-state index < -0.39 is 0 Å². The molecule has 25 heavy (non-hydrogen) atoms. The zero-order chi connectivity index (χ0) is 17.6. The summed E-state index contributed by atoms with van der Waals surface area (Å²) in [6.45, 7) is 0.136. The molecule has 0 spiro atoms. The third kappa shape index (κ3) is 4.40. The van der Waals surface area contributed by atoms with E-state index in [0.717, 1.165) is 36.3 Å². The summed E-state index contributed by atoms with van der Waals surface area (Å²) >= 11 is 0. The second-order valence-corrected chi connectivity index (χ2v) is 6.58. The average molecular weight is 339 g/mol. The van der Waals surface area contributed by atoms with E-state index in [0.29, 0.717) is 12.8 Å². The van der Waals surface area contributed by atoms with Crippen LogP contribution in [0.25, 0.3) is 0 Å². The molecule has 0 bridgehead atoms. The molecule has 1 aliphatic carbocycles. The van der Waals surface area contributed by atoms with Gasteiger partial charge in [-0.2, -0.15) is 0 Å². The van der Waals surface area contributed by atoms with Crippen LogP contribution in [0.2, 0.25) is 0 Å². The monoisotopic (exact) mass is 339 g/mol. The van der Waals surface area contributed by atoms with Crippen molar-refractivity contribution in [2.75, 3.05) is 19.0 Å². The summed E-state index contributed by atoms with van der Waals surface area (Å²) in [5.74, 6) is 1.19. The average Bonchev–Trinajstić information content (AvgIpc) is 2.63. The minimum Gasteiger partial charge on any atom is -0.497 e. The number of aryl methyl sites for hydroxylation is 1. The van der Waals surface area contributed by atoms with Crippen molar-refractivity contribution in [2.45, 2.75) is 38.0 Å². The number of anilines is 1. The Morgan fingerprint density at radius 3 is 2.76 bits per heavy atom. The molecular weight excluding hydrogens is 314 g/mol. The third-order valence-electron chi connectivity index (χ3n) is 4.86. The molecule has 1 atom stereocenters. The quantitative estimate of drug-likeness (QED) is 0.844. The second-order valence-electron chi connectivity index (χ2n) is 6.58. The van der Waals surface area contributed by atoms with Crippen LogP contribution < -0.4 is 10.1 Å². The van der Waals surface area contributed by atoms with Gasteiger partial charge in [0.25, 0.3) is 0 Å². The van der Waals surface area contributed by atoms with Gasteiger partial charge in [-0.3, -0.25) is 4.79 Å². The van der Waals surface area contributed by atoms with Gasteiger partial charge in [0.15, 0.2) is 0 Å². The molecule has 2 N–H and O–H groups in total. The van der Waals surface area contributed by atoms with E-state index in [1.165, 1.54) is 11.1 Å². The van der Waals surface area contributed by atoms with Gasteiger partial charge >= 0.3 is 0 Å². The van der Waals surface area contributed by atoms with Crippen molar-refractivity contribution in [1.29, 1.82) is 0 Å². The van der Waals surface area contributed by atoms with E-state index in [-0.39, 0.29) is 18.4 Å². The Hall–Kier alpha value is -2.33. The number of benzene rings is 2. The molecule has 0 radical (unpaired) electrons. The fourth-order valence-corrected chi connectivity index (χ4v) is 3.55. The summed E-state index contributed by atoms with van der Waals surface area (Å²) < 4.78 is 5.31. The molecule has 0 saturated heterocycles. The molecule has 1 aliphatic rings. The maximum absolute atomic E-state index is 12.4. The fourth-order valence-electron chi connectivity index (χ4n) is 3.55. The molecule has 2 aromatic rings. The molecule has 4 nitrogen and oxygen atoms in total. The highest BCUT2D eigenvalue weighted by atomic mass is 16.5. The van der Waals surface area contributed by atoms with Crippen molar-refractivity contribution in [3.05, 3.63) is 59.2 Å². The van der Waals surface area contributed by atoms with E-state index in [9.17, 15) is 4.79 Å². The lowest BCUT2D eigenvalue weighted by atomic mass is 9.81. The summed E-state index contributed by atoms with van der Waals surface area (Å²) in [7, 11) is 1.68. The van der Waals surface area contributed by atoms with Crippen LogP contribution in [-0.4, -0.2) is 24.7 Å². The van der Waals surface area contributed by atoms with Crippen LogP contribution in [0.1, 0.15) is 41.9 Å². The summed E-state index contributed by atoms with van der Waals surface area (Å²) in [5, 5.41) is 11.9. The number of rotatable bonds is 6. The highest BCUT2D eigenvalue weighted by Crippen LogP contribution is 2.36. The van der Waals surface area contributed by atoms with Crippen molar-refractivity contribution >= 4 is 11.6 Å². The molecule has 3 rings (SSSR count). The van der Waals surface area contributed by atoms with Crippen LogP contribution in [-0.2, 0) is 17.6 Å². The Balaban J connectivity index is 1.64. The first-order chi connectivity index (χ1) is 12.2. The summed E-state index contributed by atoms with van der Waals surface area (Å²) in [6.07, 6.45) is 4.33. The van der Waals surface area contributed by atoms with Crippen molar-refractivity contribution in [3.63, 3.8) is 0 Å². The minimum absolute atomic E-state index is 0.0450. The Labute approximate surface area is 148 Å². The van der Waals surface area contributed by atoms with Crippen LogP contribution >= 0.6 is 0 Å². The Morgan fingerprint density at radius 2 is 2.04 bits per heavy atom. The number of methoxy groups -OCH3 is 1. The lowest BCUT2D eigenvalue weighted by molar-refractivity contribution is -0.116. The maximum atomic E-state index is 12.4. The minimum atomic E-state index is 0.0450. The van der Waals surface area contributed by atoms with Gasteiger partial charge in [-0.25, -0.2) is 0 Å². The van der Waals surface area contributed by atoms with E-state index >= 15 is 0 Å². The predicted molar refractivity (Wildman–Crippen MR) is 99.2 cm³/mol. The van der Waals surface area contributed by atoms with Gasteiger partial charge in [-0.1, -0.05) is 18.2 Å². The Morgan fingerprint density at radius 1 is 1.24 bits per heavy atom. The smallest absolute Gasteiger partial charge is 0.224 e. The molecule has 0 fully saturated rings. The number of ether oxygens (including phenoxy) is 1. The van der Waals surface area contributed by atoms with Crippen molar-refractivity contribution in [2.24, 2.45) is 0 Å². The molecule has 0 heterocycles. The van der Waals surface area contributed by atoms with Gasteiger partial charge in [-0.15, -0.1) is 0 Å². The summed E-state index contributed by atoms with van der Waals surface area (Å²) in [4.78, 5) is 12.4. The molecule has 1 unspecified atom stereocenters. The normalized spacial score (nSPS) is 16.2. The molecular formula is C21H25NO3. The maximum Gasteiger partial charge on any atom is 0.224 e. The molecule has 4 heteroatoms. The number of aliphatic hydroxyl groups excluding tert-OH is 1. The van der Waals surface area contributed by atoms with Crippen molar-refractivity contribution < 1.29 is 14.6 Å². The van der Waals surface area contributed by atoms with Gasteiger partial charge in [0, 0.05) is 18.7 Å². The molecule has 2 aromatic carbocycles. The number of nitrogens with one attached hydrogen (secondary N) is 1. The number of fused-ring (bicyclic) bond motifs is 1. The lowest BCUT2D eigenvalue weighted by Crippen LogP contribution is -2.19. The molecule has 0 aliphatic heterocycles. The number of hydrogen-bond acceptors (Lipinski definition) is 3. The van der Waals surface area contributed by atoms with Gasteiger partial charge in [0.1, 0.15) is 5.75 Å². The Kier molecular flexibility index (Phi) is 5.71. The molecule has 132 valence electrons. The van der Waals surface area contributed by atoms with E-state index in [1.54, 1.807) is 7.11 Å². The van der Waals surface area contributed by atoms with E-state index in [4.69, 9.17) is 9.84 Å². The van der Waals surface area contributed by atoms with Crippen molar-refractivity contribution in [1.82, 2.24) is 0 Å². The zero-order valence-corrected chi connectivity index (χ0v) is 14.6. The van der Waals surface area contributed by atoms with Crippen LogP contribution in [0.5, 0.6) is 5.75 Å². The van der Waals surface area contributed by atoms with Crippen LogP contribution in [0.15, 0.2) is 42.5 Å². The predicted octanol–water partition coefficient (Wildman–Crippen LogP) is 3.68. The number of hydrogen-bond donors (Lipinski definition) is 2. The van der Waals surface area contributed by atoms with E-state index in [1.807, 2.05) is 30.3 Å². The van der Waals surface area contributed by atoms with Gasteiger partial charge in [0.2, 0.25) is 5.91 Å². The summed E-state index contributed by atoms with van der Waals surface area (Å²) in [5.41, 5.74) is 4.45. The number of carbonyl (C=O) groups excluding carboxylic acids is 1. The largest absolute Gasteiger partial charge is 0.497 e. The van der Waals surface area contributed by atoms with Gasteiger partial charge in [0.05, 0.1) is 7.11 Å². The van der Waals surface area contributed by atoms with Gasteiger partial charge in [-0.05, 0) is 72.6 Å². The highest BCUT2D eigenvalue weighted by molar-refractivity contribution is 5.91. The van der Waals surface area contributed by atoms with Gasteiger partial charge < -0.3 is 15.2 Å². The van der Waals surface area contributed by atoms with E-state index in [2.05, 4.69) is 17.4 Å². The van der Waals surface area contributed by atoms with Crippen LogP contribution in [0.4, 0.5) is 5.69 Å². The first kappa shape index (κ1) is 17.5. The topological polar surface area (TPSA) is 58.6 Å². The standard InChI is InChI=1S/C21H25NO3/c1-25-19-9-10-20-16(13-19)3-2-4-17(20)14-21(24)22-18-7-5-15(6-8-18)11-12-23/h5-10,13,17,23H,2-4,11-12,14H2,1H3,(H,22,24). The molecule has 1 amide bonds. The Bertz CT molecular complexity index is 724. The zero-order valence-electron chi connectivity index (χ0n) is 14.6. The first-order valence-corrected chi connectivity index (χ1v) is 8.86. The number of carbonyl (C=O) groups is 1. The van der Waals surface area contributed by atoms with Crippen molar-refractivity contribution in [3.8, 4) is 5.75 Å².